The first-order chi connectivity index (χ1) is 13.2. The Morgan fingerprint density at radius 1 is 1.07 bits per heavy atom. The maximum Gasteiger partial charge on any atom is 0.231 e. The Morgan fingerprint density at radius 2 is 1.89 bits per heavy atom. The fraction of sp³-hybridized carbons (Fsp3) is 0.409. The van der Waals surface area contributed by atoms with E-state index in [0.29, 0.717) is 19.0 Å². The number of amides is 1. The predicted molar refractivity (Wildman–Crippen MR) is 102 cm³/mol. The first kappa shape index (κ1) is 17.7. The van der Waals surface area contributed by atoms with Crippen LogP contribution in [0.4, 0.5) is 0 Å². The van der Waals surface area contributed by atoms with Crippen LogP contribution in [0.1, 0.15) is 36.8 Å². The van der Waals surface area contributed by atoms with E-state index in [1.807, 2.05) is 47.4 Å². The van der Waals surface area contributed by atoms with Crippen molar-refractivity contribution in [2.45, 2.75) is 44.7 Å². The fourth-order valence-corrected chi connectivity index (χ4v) is 3.93. The zero-order valence-corrected chi connectivity index (χ0v) is 15.6. The van der Waals surface area contributed by atoms with Gasteiger partial charge in [0.15, 0.2) is 11.5 Å². The maximum atomic E-state index is 13.2. The molecule has 0 radical (unpaired) electrons. The lowest BCUT2D eigenvalue weighted by atomic mass is 10.1. The second-order valence-corrected chi connectivity index (χ2v) is 7.18. The summed E-state index contributed by atoms with van der Waals surface area (Å²) in [5.41, 5.74) is 2.05. The van der Waals surface area contributed by atoms with Crippen LogP contribution >= 0.6 is 0 Å². The molecular formula is C22H25NO4. The molecule has 0 N–H and O–H groups in total. The number of hydrogen-bond donors (Lipinski definition) is 0. The fourth-order valence-electron chi connectivity index (χ4n) is 3.93. The van der Waals surface area contributed by atoms with Gasteiger partial charge in [-0.3, -0.25) is 4.79 Å². The van der Waals surface area contributed by atoms with Crippen LogP contribution in [0.2, 0.25) is 0 Å². The number of carbonyl (C=O) groups excluding carboxylic acids is 1. The molecule has 2 aromatic rings. The van der Waals surface area contributed by atoms with E-state index >= 15 is 0 Å². The van der Waals surface area contributed by atoms with Crippen molar-refractivity contribution < 1.29 is 19.0 Å². The van der Waals surface area contributed by atoms with Gasteiger partial charge in [-0.05, 0) is 48.2 Å². The quantitative estimate of drug-likeness (QED) is 0.776. The van der Waals surface area contributed by atoms with Crippen molar-refractivity contribution in [1.82, 2.24) is 4.90 Å². The number of rotatable bonds is 6. The molecule has 1 fully saturated rings. The van der Waals surface area contributed by atoms with Gasteiger partial charge in [0.25, 0.3) is 0 Å². The van der Waals surface area contributed by atoms with Gasteiger partial charge in [0, 0.05) is 12.6 Å². The minimum absolute atomic E-state index is 0.160. The summed E-state index contributed by atoms with van der Waals surface area (Å²) in [4.78, 5) is 15.2. The average molecular weight is 367 g/mol. The van der Waals surface area contributed by atoms with Gasteiger partial charge in [0.05, 0.1) is 13.5 Å². The third-order valence-corrected chi connectivity index (χ3v) is 5.37. The van der Waals surface area contributed by atoms with E-state index in [0.717, 1.165) is 41.2 Å². The zero-order chi connectivity index (χ0) is 18.6. The smallest absolute Gasteiger partial charge is 0.231 e. The molecule has 1 heterocycles. The third kappa shape index (κ3) is 4.02. The van der Waals surface area contributed by atoms with Gasteiger partial charge < -0.3 is 19.1 Å². The summed E-state index contributed by atoms with van der Waals surface area (Å²) >= 11 is 0. The maximum absolute atomic E-state index is 13.2. The highest BCUT2D eigenvalue weighted by Gasteiger charge is 2.27. The first-order valence-corrected chi connectivity index (χ1v) is 9.54. The molecule has 0 atom stereocenters. The zero-order valence-electron chi connectivity index (χ0n) is 15.6. The molecule has 27 heavy (non-hydrogen) atoms. The van der Waals surface area contributed by atoms with E-state index in [4.69, 9.17) is 14.2 Å². The summed E-state index contributed by atoms with van der Waals surface area (Å²) in [7, 11) is 1.64. The molecule has 1 saturated carbocycles. The average Bonchev–Trinajstić information content (AvgIpc) is 3.37. The summed E-state index contributed by atoms with van der Waals surface area (Å²) in [6.45, 7) is 0.865. The molecular weight excluding hydrogens is 342 g/mol. The lowest BCUT2D eigenvalue weighted by Gasteiger charge is -2.29. The SMILES string of the molecule is COc1cccc(CC(=O)N(Cc2ccc3c(c2)OCO3)C2CCCC2)c1. The third-order valence-electron chi connectivity index (χ3n) is 5.37. The van der Waals surface area contributed by atoms with Crippen LogP contribution in [0, 0.1) is 0 Å². The van der Waals surface area contributed by atoms with Crippen LogP contribution in [-0.2, 0) is 17.8 Å². The van der Waals surface area contributed by atoms with Crippen molar-refractivity contribution in [3.63, 3.8) is 0 Å². The molecule has 0 saturated heterocycles. The number of ether oxygens (including phenoxy) is 3. The van der Waals surface area contributed by atoms with E-state index in [2.05, 4.69) is 0 Å². The molecule has 2 aromatic carbocycles. The van der Waals surface area contributed by atoms with Gasteiger partial charge in [0.1, 0.15) is 5.75 Å². The van der Waals surface area contributed by atoms with Crippen LogP contribution in [0.3, 0.4) is 0 Å². The van der Waals surface area contributed by atoms with Crippen LogP contribution in [0.5, 0.6) is 17.2 Å². The Bertz CT molecular complexity index is 814. The van der Waals surface area contributed by atoms with Crippen molar-refractivity contribution in [2.75, 3.05) is 13.9 Å². The molecule has 2 aliphatic rings. The summed E-state index contributed by atoms with van der Waals surface area (Å²) in [5, 5.41) is 0. The Hall–Kier alpha value is -2.69. The van der Waals surface area contributed by atoms with E-state index in [9.17, 15) is 4.79 Å². The first-order valence-electron chi connectivity index (χ1n) is 9.54. The number of carbonyl (C=O) groups is 1. The topological polar surface area (TPSA) is 48.0 Å². The minimum Gasteiger partial charge on any atom is -0.497 e. The van der Waals surface area contributed by atoms with Crippen LogP contribution < -0.4 is 14.2 Å². The molecule has 0 bridgehead atoms. The number of nitrogens with zero attached hydrogens (tertiary/aromatic N) is 1. The molecule has 4 rings (SSSR count). The molecule has 5 nitrogen and oxygen atoms in total. The Balaban J connectivity index is 1.52. The second-order valence-electron chi connectivity index (χ2n) is 7.18. The molecule has 0 spiro atoms. The molecule has 0 aromatic heterocycles. The summed E-state index contributed by atoms with van der Waals surface area (Å²) < 4.78 is 16.2. The van der Waals surface area contributed by atoms with Gasteiger partial charge in [-0.25, -0.2) is 0 Å². The van der Waals surface area contributed by atoms with Crippen LogP contribution in [-0.4, -0.2) is 30.8 Å². The highest BCUT2D eigenvalue weighted by Crippen LogP contribution is 2.34. The number of benzene rings is 2. The molecule has 5 heteroatoms. The van der Waals surface area contributed by atoms with Gasteiger partial charge in [-0.2, -0.15) is 0 Å². The number of hydrogen-bond acceptors (Lipinski definition) is 4. The molecule has 142 valence electrons. The minimum atomic E-state index is 0.160. The molecule has 1 aliphatic carbocycles. The summed E-state index contributed by atoms with van der Waals surface area (Å²) in [6, 6.07) is 14.0. The van der Waals surface area contributed by atoms with Crippen molar-refractivity contribution in [2.24, 2.45) is 0 Å². The highest BCUT2D eigenvalue weighted by molar-refractivity contribution is 5.79. The molecule has 0 unspecified atom stereocenters. The normalized spacial score (nSPS) is 15.7. The van der Waals surface area contributed by atoms with Gasteiger partial charge in [0.2, 0.25) is 12.7 Å². The monoisotopic (exact) mass is 367 g/mol. The Morgan fingerprint density at radius 3 is 2.70 bits per heavy atom. The predicted octanol–water partition coefficient (Wildman–Crippen LogP) is 3.94. The standard InChI is InChI=1S/C22H25NO4/c1-25-19-8-4-5-16(11-19)13-22(24)23(18-6-2-3-7-18)14-17-9-10-20-21(12-17)27-15-26-20/h4-5,8-12,18H,2-3,6-7,13-15H2,1H3. The van der Waals surface area contributed by atoms with Gasteiger partial charge in [-0.1, -0.05) is 31.0 Å². The largest absolute Gasteiger partial charge is 0.497 e. The van der Waals surface area contributed by atoms with E-state index in [-0.39, 0.29) is 12.7 Å². The molecule has 1 aliphatic heterocycles. The van der Waals surface area contributed by atoms with E-state index in [1.54, 1.807) is 7.11 Å². The van der Waals surface area contributed by atoms with Crippen LogP contribution in [0.25, 0.3) is 0 Å². The van der Waals surface area contributed by atoms with E-state index < -0.39 is 0 Å². The Labute approximate surface area is 159 Å². The second kappa shape index (κ2) is 7.91. The molecule has 1 amide bonds. The van der Waals surface area contributed by atoms with Crippen molar-refractivity contribution in [3.8, 4) is 17.2 Å². The van der Waals surface area contributed by atoms with E-state index in [1.165, 1.54) is 12.8 Å². The lowest BCUT2D eigenvalue weighted by Crippen LogP contribution is -2.39. The van der Waals surface area contributed by atoms with Crippen molar-refractivity contribution in [1.29, 1.82) is 0 Å². The summed E-state index contributed by atoms with van der Waals surface area (Å²) in [5.74, 6) is 2.48. The van der Waals surface area contributed by atoms with Gasteiger partial charge in [-0.15, -0.1) is 0 Å². The van der Waals surface area contributed by atoms with Crippen molar-refractivity contribution >= 4 is 5.91 Å². The number of fused-ring (bicyclic) bond motifs is 1. The van der Waals surface area contributed by atoms with Crippen molar-refractivity contribution in [3.05, 3.63) is 53.6 Å². The van der Waals surface area contributed by atoms with Crippen LogP contribution in [0.15, 0.2) is 42.5 Å². The lowest BCUT2D eigenvalue weighted by molar-refractivity contribution is -0.133. The number of methoxy groups -OCH3 is 1. The Kier molecular flexibility index (Phi) is 5.19. The summed E-state index contributed by atoms with van der Waals surface area (Å²) in [6.07, 6.45) is 4.92. The van der Waals surface area contributed by atoms with Gasteiger partial charge >= 0.3 is 0 Å². The highest BCUT2D eigenvalue weighted by atomic mass is 16.7.